The monoisotopic (exact) mass is 555 g/mol. The quantitative estimate of drug-likeness (QED) is 0.175. The summed E-state index contributed by atoms with van der Waals surface area (Å²) in [6, 6.07) is 3.91. The van der Waals surface area contributed by atoms with Gasteiger partial charge in [0.2, 0.25) is 0 Å². The van der Waals surface area contributed by atoms with Crippen LogP contribution < -0.4 is 14.8 Å². The summed E-state index contributed by atoms with van der Waals surface area (Å²) in [5.74, 6) is -3.61. The van der Waals surface area contributed by atoms with Crippen LogP contribution in [0.3, 0.4) is 0 Å². The van der Waals surface area contributed by atoms with Crippen molar-refractivity contribution in [2.75, 3.05) is 19.8 Å². The summed E-state index contributed by atoms with van der Waals surface area (Å²) in [5.41, 5.74) is -3.14. The number of alkyl carbamates (subject to hydrolysis) is 1. The van der Waals surface area contributed by atoms with Crippen LogP contribution in [-0.4, -0.2) is 61.5 Å². The minimum atomic E-state index is -2.39. The molecule has 1 rings (SSSR count). The SMILES string of the molecule is CCCOC(=O)[C@](NC(=O)OC(C)(C)C)(OC(C)=O)C(C)c1ccc(OC(=O)OCC)c(OC(=O)OCC)c1. The van der Waals surface area contributed by atoms with Gasteiger partial charge in [0.05, 0.1) is 25.7 Å². The maximum absolute atomic E-state index is 13.3. The Morgan fingerprint density at radius 3 is 1.90 bits per heavy atom. The van der Waals surface area contributed by atoms with Crippen LogP contribution in [0, 0.1) is 0 Å². The number of amides is 1. The van der Waals surface area contributed by atoms with Gasteiger partial charge in [-0.25, -0.2) is 19.2 Å². The summed E-state index contributed by atoms with van der Waals surface area (Å²) in [6.07, 6.45) is -2.78. The van der Waals surface area contributed by atoms with E-state index in [0.29, 0.717) is 6.42 Å². The lowest BCUT2D eigenvalue weighted by molar-refractivity contribution is -0.188. The van der Waals surface area contributed by atoms with Crippen LogP contribution in [-0.2, 0) is 33.3 Å². The van der Waals surface area contributed by atoms with Crippen LogP contribution >= 0.6 is 0 Å². The van der Waals surface area contributed by atoms with Crippen LogP contribution in [0.25, 0.3) is 0 Å². The Kier molecular flexibility index (Phi) is 12.5. The predicted molar refractivity (Wildman–Crippen MR) is 135 cm³/mol. The first-order valence-corrected chi connectivity index (χ1v) is 12.4. The number of hydrogen-bond donors (Lipinski definition) is 1. The molecule has 0 aliphatic rings. The van der Waals surface area contributed by atoms with E-state index in [1.807, 2.05) is 0 Å². The zero-order valence-electron chi connectivity index (χ0n) is 23.5. The first kappa shape index (κ1) is 33.0. The van der Waals surface area contributed by atoms with Gasteiger partial charge in [-0.3, -0.25) is 10.1 Å². The van der Waals surface area contributed by atoms with Crippen molar-refractivity contribution in [3.8, 4) is 11.5 Å². The second-order valence-electron chi connectivity index (χ2n) is 9.09. The van der Waals surface area contributed by atoms with Crippen LogP contribution in [0.15, 0.2) is 18.2 Å². The third kappa shape index (κ3) is 10.3. The number of carbonyl (C=O) groups excluding carboxylic acids is 5. The van der Waals surface area contributed by atoms with E-state index in [0.717, 1.165) is 6.92 Å². The molecule has 1 N–H and O–H groups in total. The first-order valence-electron chi connectivity index (χ1n) is 12.4. The van der Waals surface area contributed by atoms with Gasteiger partial charge in [-0.2, -0.15) is 0 Å². The summed E-state index contributed by atoms with van der Waals surface area (Å²) < 4.78 is 35.9. The molecule has 1 aromatic carbocycles. The molecule has 0 heterocycles. The van der Waals surface area contributed by atoms with Gasteiger partial charge >= 0.3 is 30.3 Å². The number of nitrogens with one attached hydrogen (secondary N) is 1. The second-order valence-corrected chi connectivity index (χ2v) is 9.09. The summed E-state index contributed by atoms with van der Waals surface area (Å²) in [6.45, 7) is 12.2. The molecule has 2 atom stereocenters. The Balaban J connectivity index is 3.68. The highest BCUT2D eigenvalue weighted by Crippen LogP contribution is 2.37. The number of carbonyl (C=O) groups is 5. The van der Waals surface area contributed by atoms with Gasteiger partial charge in [0.15, 0.2) is 11.5 Å². The molecule has 0 aliphatic heterocycles. The Bertz CT molecular complexity index is 1030. The molecule has 218 valence electrons. The predicted octanol–water partition coefficient (Wildman–Crippen LogP) is 4.60. The Labute approximate surface area is 227 Å². The lowest BCUT2D eigenvalue weighted by Crippen LogP contribution is -2.61. The van der Waals surface area contributed by atoms with Crippen molar-refractivity contribution in [1.29, 1.82) is 0 Å². The average molecular weight is 556 g/mol. The molecule has 0 spiro atoms. The fourth-order valence-electron chi connectivity index (χ4n) is 3.14. The maximum Gasteiger partial charge on any atom is 0.513 e. The molecule has 1 aromatic rings. The van der Waals surface area contributed by atoms with Gasteiger partial charge in [0.1, 0.15) is 5.60 Å². The van der Waals surface area contributed by atoms with Crippen LogP contribution in [0.5, 0.6) is 11.5 Å². The molecule has 0 radical (unpaired) electrons. The fraction of sp³-hybridized carbons (Fsp3) is 0.577. The van der Waals surface area contributed by atoms with Gasteiger partial charge in [-0.1, -0.05) is 19.9 Å². The van der Waals surface area contributed by atoms with E-state index in [9.17, 15) is 24.0 Å². The van der Waals surface area contributed by atoms with E-state index >= 15 is 0 Å². The minimum Gasteiger partial charge on any atom is -0.461 e. The highest BCUT2D eigenvalue weighted by molar-refractivity contribution is 5.88. The van der Waals surface area contributed by atoms with E-state index < -0.39 is 47.6 Å². The highest BCUT2D eigenvalue weighted by Gasteiger charge is 2.52. The fourth-order valence-corrected chi connectivity index (χ4v) is 3.14. The van der Waals surface area contributed by atoms with Gasteiger partial charge < -0.3 is 33.2 Å². The van der Waals surface area contributed by atoms with Gasteiger partial charge in [-0.15, -0.1) is 0 Å². The Morgan fingerprint density at radius 1 is 0.846 bits per heavy atom. The lowest BCUT2D eigenvalue weighted by Gasteiger charge is -2.37. The normalized spacial score (nSPS) is 13.1. The lowest BCUT2D eigenvalue weighted by atomic mass is 9.89. The van der Waals surface area contributed by atoms with Crippen molar-refractivity contribution >= 4 is 30.3 Å². The van der Waals surface area contributed by atoms with E-state index in [1.165, 1.54) is 25.1 Å². The minimum absolute atomic E-state index is 0.00162. The molecule has 0 aromatic heterocycles. The summed E-state index contributed by atoms with van der Waals surface area (Å²) in [7, 11) is 0. The Morgan fingerprint density at radius 2 is 1.41 bits per heavy atom. The number of rotatable bonds is 11. The van der Waals surface area contributed by atoms with E-state index in [1.54, 1.807) is 41.5 Å². The standard InChI is InChI=1S/C26H37NO12/c1-9-14-35-21(29)26(38-17(5)28,27-22(30)39-25(6,7)8)16(4)18-12-13-19(36-23(31)33-10-2)20(15-18)37-24(32)34-11-3/h12-13,15-16H,9-11,14H2,1-8H3,(H,27,30)/t16?,26-/m1/s1. The molecule has 13 heteroatoms. The molecule has 1 unspecified atom stereocenters. The first-order chi connectivity index (χ1) is 18.2. The maximum atomic E-state index is 13.3. The number of hydrogen-bond acceptors (Lipinski definition) is 12. The van der Waals surface area contributed by atoms with Crippen LogP contribution in [0.2, 0.25) is 0 Å². The zero-order valence-corrected chi connectivity index (χ0v) is 23.5. The van der Waals surface area contributed by atoms with E-state index in [2.05, 4.69) is 5.32 Å². The third-order valence-corrected chi connectivity index (χ3v) is 4.72. The number of benzene rings is 1. The van der Waals surface area contributed by atoms with Crippen molar-refractivity contribution in [1.82, 2.24) is 5.32 Å². The summed E-state index contributed by atoms with van der Waals surface area (Å²) >= 11 is 0. The second kappa shape index (κ2) is 14.8. The third-order valence-electron chi connectivity index (χ3n) is 4.72. The van der Waals surface area contributed by atoms with E-state index in [4.69, 9.17) is 33.2 Å². The molecule has 0 saturated heterocycles. The molecular weight excluding hydrogens is 518 g/mol. The molecule has 1 amide bonds. The van der Waals surface area contributed by atoms with Crippen molar-refractivity contribution in [2.45, 2.75) is 79.1 Å². The van der Waals surface area contributed by atoms with Crippen molar-refractivity contribution in [2.24, 2.45) is 0 Å². The van der Waals surface area contributed by atoms with Gasteiger partial charge in [0.25, 0.3) is 5.72 Å². The number of esters is 2. The Hall–Kier alpha value is -4.03. The summed E-state index contributed by atoms with van der Waals surface area (Å²) in [5, 5.41) is 2.35. The van der Waals surface area contributed by atoms with Gasteiger partial charge in [0, 0.05) is 6.92 Å². The smallest absolute Gasteiger partial charge is 0.461 e. The molecule has 13 nitrogen and oxygen atoms in total. The van der Waals surface area contributed by atoms with E-state index in [-0.39, 0.29) is 36.9 Å². The van der Waals surface area contributed by atoms with Crippen molar-refractivity contribution in [3.05, 3.63) is 23.8 Å². The molecular formula is C26H37NO12. The molecule has 0 saturated carbocycles. The highest BCUT2D eigenvalue weighted by atomic mass is 16.7. The topological polar surface area (TPSA) is 162 Å². The van der Waals surface area contributed by atoms with Crippen molar-refractivity contribution < 1.29 is 57.1 Å². The zero-order chi connectivity index (χ0) is 29.8. The van der Waals surface area contributed by atoms with Crippen LogP contribution in [0.1, 0.15) is 73.3 Å². The van der Waals surface area contributed by atoms with Crippen LogP contribution in [0.4, 0.5) is 14.4 Å². The molecule has 0 bridgehead atoms. The molecule has 39 heavy (non-hydrogen) atoms. The van der Waals surface area contributed by atoms with Gasteiger partial charge in [-0.05, 0) is 58.7 Å². The summed E-state index contributed by atoms with van der Waals surface area (Å²) in [4.78, 5) is 62.3. The van der Waals surface area contributed by atoms with Crippen molar-refractivity contribution in [3.63, 3.8) is 0 Å². The largest absolute Gasteiger partial charge is 0.513 e. The molecule has 0 fully saturated rings. The molecule has 0 aliphatic carbocycles. The number of ether oxygens (including phenoxy) is 7. The average Bonchev–Trinajstić information content (AvgIpc) is 2.81.